The minimum Gasteiger partial charge on any atom is -0.467 e. The van der Waals surface area contributed by atoms with Crippen LogP contribution in [0.4, 0.5) is 11.9 Å². The van der Waals surface area contributed by atoms with Gasteiger partial charge in [-0.2, -0.15) is 15.0 Å². The fourth-order valence-corrected chi connectivity index (χ4v) is 1.89. The number of methoxy groups -OCH3 is 1. The third kappa shape index (κ3) is 4.42. The van der Waals surface area contributed by atoms with E-state index >= 15 is 0 Å². The molecule has 1 amide bonds. The van der Waals surface area contributed by atoms with Gasteiger partial charge in [-0.1, -0.05) is 0 Å². The fraction of sp³-hybridized carbons (Fsp3) is 0.667. The Morgan fingerprint density at radius 1 is 1.29 bits per heavy atom. The SMILES string of the molecule is CNc1nc(NCCC(=O)N2CCOCC2)nc(OC)n1. The molecule has 0 aliphatic carbocycles. The van der Waals surface area contributed by atoms with Crippen molar-refractivity contribution in [1.29, 1.82) is 0 Å². The van der Waals surface area contributed by atoms with Crippen LogP contribution >= 0.6 is 0 Å². The van der Waals surface area contributed by atoms with Gasteiger partial charge in [0, 0.05) is 33.1 Å². The number of carbonyl (C=O) groups is 1. The van der Waals surface area contributed by atoms with E-state index in [1.807, 2.05) is 0 Å². The summed E-state index contributed by atoms with van der Waals surface area (Å²) in [5.41, 5.74) is 0. The summed E-state index contributed by atoms with van der Waals surface area (Å²) < 4.78 is 10.2. The molecule has 2 rings (SSSR count). The molecule has 0 unspecified atom stereocenters. The van der Waals surface area contributed by atoms with E-state index in [4.69, 9.17) is 9.47 Å². The van der Waals surface area contributed by atoms with E-state index in [2.05, 4.69) is 25.6 Å². The molecule has 116 valence electrons. The second kappa shape index (κ2) is 7.58. The molecule has 1 aliphatic rings. The first-order valence-corrected chi connectivity index (χ1v) is 6.80. The molecule has 0 aromatic carbocycles. The minimum absolute atomic E-state index is 0.0978. The maximum Gasteiger partial charge on any atom is 0.322 e. The molecule has 1 aromatic heterocycles. The Morgan fingerprint density at radius 3 is 2.67 bits per heavy atom. The van der Waals surface area contributed by atoms with Gasteiger partial charge in [0.1, 0.15) is 0 Å². The summed E-state index contributed by atoms with van der Waals surface area (Å²) in [4.78, 5) is 26.0. The molecule has 1 aromatic rings. The van der Waals surface area contributed by atoms with Gasteiger partial charge < -0.3 is 25.0 Å². The van der Waals surface area contributed by atoms with E-state index in [1.54, 1.807) is 11.9 Å². The van der Waals surface area contributed by atoms with Crippen LogP contribution < -0.4 is 15.4 Å². The minimum atomic E-state index is 0.0978. The quantitative estimate of drug-likeness (QED) is 0.730. The van der Waals surface area contributed by atoms with E-state index < -0.39 is 0 Å². The second-order valence-corrected chi connectivity index (χ2v) is 4.39. The van der Waals surface area contributed by atoms with Crippen LogP contribution in [0, 0.1) is 0 Å². The van der Waals surface area contributed by atoms with E-state index in [9.17, 15) is 4.79 Å². The molecule has 2 N–H and O–H groups in total. The van der Waals surface area contributed by atoms with Crippen molar-refractivity contribution in [2.45, 2.75) is 6.42 Å². The Kier molecular flexibility index (Phi) is 5.50. The highest BCUT2D eigenvalue weighted by atomic mass is 16.5. The zero-order valence-electron chi connectivity index (χ0n) is 12.3. The normalized spacial score (nSPS) is 14.7. The zero-order chi connectivity index (χ0) is 15.1. The highest BCUT2D eigenvalue weighted by Crippen LogP contribution is 2.10. The first-order chi connectivity index (χ1) is 10.2. The van der Waals surface area contributed by atoms with Crippen molar-refractivity contribution in [3.63, 3.8) is 0 Å². The third-order valence-electron chi connectivity index (χ3n) is 3.01. The molecule has 0 saturated carbocycles. The number of nitrogens with zero attached hydrogens (tertiary/aromatic N) is 4. The van der Waals surface area contributed by atoms with E-state index in [1.165, 1.54) is 7.11 Å². The summed E-state index contributed by atoms with van der Waals surface area (Å²) >= 11 is 0. The number of nitrogens with one attached hydrogen (secondary N) is 2. The number of hydrogen-bond acceptors (Lipinski definition) is 8. The van der Waals surface area contributed by atoms with Gasteiger partial charge in [0.15, 0.2) is 0 Å². The Morgan fingerprint density at radius 2 is 2.00 bits per heavy atom. The van der Waals surface area contributed by atoms with Crippen LogP contribution in [-0.2, 0) is 9.53 Å². The molecule has 0 spiro atoms. The lowest BCUT2D eigenvalue weighted by atomic mass is 10.3. The average molecular weight is 296 g/mol. The average Bonchev–Trinajstić information content (AvgIpc) is 2.55. The molecular formula is C12H20N6O3. The molecule has 21 heavy (non-hydrogen) atoms. The maximum absolute atomic E-state index is 12.0. The van der Waals surface area contributed by atoms with Crippen molar-refractivity contribution in [1.82, 2.24) is 19.9 Å². The van der Waals surface area contributed by atoms with Crippen molar-refractivity contribution in [3.05, 3.63) is 0 Å². The molecule has 0 bridgehead atoms. The summed E-state index contributed by atoms with van der Waals surface area (Å²) in [6.45, 7) is 2.97. The number of amides is 1. The molecule has 9 heteroatoms. The molecule has 2 heterocycles. The van der Waals surface area contributed by atoms with Crippen LogP contribution in [0.3, 0.4) is 0 Å². The van der Waals surface area contributed by atoms with Gasteiger partial charge in [-0.3, -0.25) is 4.79 Å². The smallest absolute Gasteiger partial charge is 0.322 e. The zero-order valence-corrected chi connectivity index (χ0v) is 12.3. The molecular weight excluding hydrogens is 276 g/mol. The van der Waals surface area contributed by atoms with Gasteiger partial charge in [0.25, 0.3) is 0 Å². The van der Waals surface area contributed by atoms with E-state index in [0.717, 1.165) is 0 Å². The molecule has 9 nitrogen and oxygen atoms in total. The Balaban J connectivity index is 1.83. The van der Waals surface area contributed by atoms with Crippen LogP contribution in [0.5, 0.6) is 6.01 Å². The topological polar surface area (TPSA) is 102 Å². The molecule has 1 fully saturated rings. The lowest BCUT2D eigenvalue weighted by molar-refractivity contribution is -0.134. The van der Waals surface area contributed by atoms with Crippen molar-refractivity contribution in [2.75, 3.05) is 57.6 Å². The summed E-state index contributed by atoms with van der Waals surface area (Å²) in [7, 11) is 3.20. The number of morpholine rings is 1. The predicted octanol–water partition coefficient (Wildman–Crippen LogP) is -0.417. The van der Waals surface area contributed by atoms with Gasteiger partial charge in [0.05, 0.1) is 20.3 Å². The lowest BCUT2D eigenvalue weighted by Crippen LogP contribution is -2.41. The van der Waals surface area contributed by atoms with Crippen molar-refractivity contribution >= 4 is 17.8 Å². The largest absolute Gasteiger partial charge is 0.467 e. The molecule has 0 atom stereocenters. The first kappa shape index (κ1) is 15.2. The Bertz CT molecular complexity index is 456. The highest BCUT2D eigenvalue weighted by Gasteiger charge is 2.16. The van der Waals surface area contributed by atoms with Crippen LogP contribution in [0.25, 0.3) is 0 Å². The number of anilines is 2. The van der Waals surface area contributed by atoms with E-state index in [-0.39, 0.29) is 11.9 Å². The fourth-order valence-electron chi connectivity index (χ4n) is 1.89. The number of hydrogen-bond donors (Lipinski definition) is 2. The lowest BCUT2D eigenvalue weighted by Gasteiger charge is -2.26. The van der Waals surface area contributed by atoms with Crippen LogP contribution in [-0.4, -0.2) is 72.8 Å². The number of carbonyl (C=O) groups excluding carboxylic acids is 1. The molecule has 0 radical (unpaired) electrons. The van der Waals surface area contributed by atoms with Crippen LogP contribution in [0.2, 0.25) is 0 Å². The van der Waals surface area contributed by atoms with Gasteiger partial charge in [-0.25, -0.2) is 0 Å². The standard InChI is InChI=1S/C12H20N6O3/c1-13-10-15-11(17-12(16-10)20-2)14-4-3-9(19)18-5-7-21-8-6-18/h3-8H2,1-2H3,(H2,13,14,15,16,17). The summed E-state index contributed by atoms with van der Waals surface area (Å²) in [5.74, 6) is 0.880. The first-order valence-electron chi connectivity index (χ1n) is 6.80. The monoisotopic (exact) mass is 296 g/mol. The van der Waals surface area contributed by atoms with Crippen LogP contribution in [0.15, 0.2) is 0 Å². The summed E-state index contributed by atoms with van der Waals surface area (Å²) in [6, 6.07) is 0.219. The summed E-state index contributed by atoms with van der Waals surface area (Å²) in [5, 5.41) is 5.82. The van der Waals surface area contributed by atoms with Crippen molar-refractivity contribution in [2.24, 2.45) is 0 Å². The Labute approximate surface area is 123 Å². The van der Waals surface area contributed by atoms with Gasteiger partial charge >= 0.3 is 6.01 Å². The van der Waals surface area contributed by atoms with Gasteiger partial charge in [-0.05, 0) is 0 Å². The Hall–Kier alpha value is -2.16. The van der Waals surface area contributed by atoms with Crippen LogP contribution in [0.1, 0.15) is 6.42 Å². The molecule has 1 aliphatic heterocycles. The van der Waals surface area contributed by atoms with E-state index in [0.29, 0.717) is 51.2 Å². The second-order valence-electron chi connectivity index (χ2n) is 4.39. The van der Waals surface area contributed by atoms with Gasteiger partial charge in [-0.15, -0.1) is 0 Å². The summed E-state index contributed by atoms with van der Waals surface area (Å²) in [6.07, 6.45) is 0.378. The highest BCUT2D eigenvalue weighted by molar-refractivity contribution is 5.76. The third-order valence-corrected chi connectivity index (χ3v) is 3.01. The maximum atomic E-state index is 12.0. The van der Waals surface area contributed by atoms with Gasteiger partial charge in [0.2, 0.25) is 17.8 Å². The number of rotatable bonds is 6. The van der Waals surface area contributed by atoms with Crippen molar-refractivity contribution in [3.8, 4) is 6.01 Å². The molecule has 1 saturated heterocycles. The predicted molar refractivity (Wildman–Crippen MR) is 76.4 cm³/mol. The number of aromatic nitrogens is 3. The van der Waals surface area contributed by atoms with Crippen molar-refractivity contribution < 1.29 is 14.3 Å². The number of ether oxygens (including phenoxy) is 2.